The molecule has 0 spiro atoms. The van der Waals surface area contributed by atoms with Crippen LogP contribution in [0.15, 0.2) is 16.3 Å². The number of hydrogen-bond acceptors (Lipinski definition) is 5. The maximum Gasteiger partial charge on any atom is 0.110 e. The highest BCUT2D eigenvalue weighted by atomic mass is 35.5. The molecule has 0 radical (unpaired) electrons. The Kier molecular flexibility index (Phi) is 5.12. The second kappa shape index (κ2) is 6.61. The highest BCUT2D eigenvalue weighted by Crippen LogP contribution is 2.27. The first kappa shape index (κ1) is 13.9. The van der Waals surface area contributed by atoms with Gasteiger partial charge in [0.1, 0.15) is 5.01 Å². The van der Waals surface area contributed by atoms with E-state index in [-0.39, 0.29) is 0 Å². The average molecular weight is 302 g/mol. The van der Waals surface area contributed by atoms with Gasteiger partial charge in [0.25, 0.3) is 0 Å². The van der Waals surface area contributed by atoms with Gasteiger partial charge >= 0.3 is 0 Å². The number of hydrogen-bond donors (Lipinski definition) is 0. The van der Waals surface area contributed by atoms with Crippen LogP contribution in [0.5, 0.6) is 0 Å². The van der Waals surface area contributed by atoms with Gasteiger partial charge in [-0.1, -0.05) is 6.92 Å². The maximum absolute atomic E-state index is 5.80. The third kappa shape index (κ3) is 3.29. The van der Waals surface area contributed by atoms with Crippen molar-refractivity contribution in [3.8, 4) is 0 Å². The van der Waals surface area contributed by atoms with Gasteiger partial charge in [-0.15, -0.1) is 34.3 Å². The molecule has 18 heavy (non-hydrogen) atoms. The molecule has 2 aromatic rings. The highest BCUT2D eigenvalue weighted by Gasteiger charge is 2.19. The van der Waals surface area contributed by atoms with Crippen molar-refractivity contribution in [2.24, 2.45) is 0 Å². The summed E-state index contributed by atoms with van der Waals surface area (Å²) in [5.74, 6) is 0.489. The molecule has 0 bridgehead atoms. The second-order valence-corrected chi connectivity index (χ2v) is 6.01. The van der Waals surface area contributed by atoms with E-state index in [9.17, 15) is 0 Å². The number of thiazole rings is 2. The van der Waals surface area contributed by atoms with E-state index in [1.165, 1.54) is 0 Å². The lowest BCUT2D eigenvalue weighted by atomic mass is 10.2. The van der Waals surface area contributed by atoms with Crippen molar-refractivity contribution in [3.63, 3.8) is 0 Å². The van der Waals surface area contributed by atoms with Crippen molar-refractivity contribution in [3.05, 3.63) is 32.7 Å². The first-order valence-corrected chi connectivity index (χ1v) is 8.17. The van der Waals surface area contributed by atoms with Crippen molar-refractivity contribution in [1.82, 2.24) is 14.9 Å². The topological polar surface area (TPSA) is 29.0 Å². The molecule has 6 heteroatoms. The van der Waals surface area contributed by atoms with E-state index < -0.39 is 0 Å². The van der Waals surface area contributed by atoms with Gasteiger partial charge in [0, 0.05) is 17.3 Å². The fourth-order valence-electron chi connectivity index (χ4n) is 1.89. The minimum Gasteiger partial charge on any atom is -0.291 e. The van der Waals surface area contributed by atoms with Crippen LogP contribution in [-0.2, 0) is 12.4 Å². The number of halogens is 1. The predicted octanol–water partition coefficient (Wildman–Crippen LogP) is 3.92. The summed E-state index contributed by atoms with van der Waals surface area (Å²) in [6.45, 7) is 3.04. The zero-order chi connectivity index (χ0) is 13.0. The van der Waals surface area contributed by atoms with Crippen molar-refractivity contribution >= 4 is 34.3 Å². The van der Waals surface area contributed by atoms with Gasteiger partial charge in [-0.05, 0) is 13.5 Å². The minimum absolute atomic E-state index is 0.341. The molecule has 3 nitrogen and oxygen atoms in total. The van der Waals surface area contributed by atoms with Crippen LogP contribution in [0.25, 0.3) is 0 Å². The summed E-state index contributed by atoms with van der Waals surface area (Å²) in [4.78, 5) is 11.2. The zero-order valence-corrected chi connectivity index (χ0v) is 12.9. The third-order valence-corrected chi connectivity index (χ3v) is 4.71. The number of nitrogens with zero attached hydrogens (tertiary/aromatic N) is 3. The summed E-state index contributed by atoms with van der Waals surface area (Å²) in [6, 6.07) is 0.341. The summed E-state index contributed by atoms with van der Waals surface area (Å²) in [7, 11) is 2.12. The van der Waals surface area contributed by atoms with Crippen molar-refractivity contribution in [2.45, 2.75) is 31.8 Å². The first-order chi connectivity index (χ1) is 8.74. The predicted molar refractivity (Wildman–Crippen MR) is 78.3 cm³/mol. The fraction of sp³-hybridized carbons (Fsp3) is 0.500. The molecule has 2 aromatic heterocycles. The Bertz CT molecular complexity index is 469. The van der Waals surface area contributed by atoms with Gasteiger partial charge in [-0.3, -0.25) is 4.90 Å². The molecular formula is C12H16ClN3S2. The molecule has 1 atom stereocenters. The Morgan fingerprint density at radius 3 is 2.78 bits per heavy atom. The number of alkyl halides is 1. The Morgan fingerprint density at radius 2 is 2.22 bits per heavy atom. The maximum atomic E-state index is 5.80. The summed E-state index contributed by atoms with van der Waals surface area (Å²) < 4.78 is 0. The zero-order valence-electron chi connectivity index (χ0n) is 10.5. The Labute approximate surface area is 120 Å². The van der Waals surface area contributed by atoms with Crippen LogP contribution in [0.2, 0.25) is 0 Å². The Morgan fingerprint density at radius 1 is 1.39 bits per heavy atom. The van der Waals surface area contributed by atoms with Crippen molar-refractivity contribution in [1.29, 1.82) is 0 Å². The van der Waals surface area contributed by atoms with E-state index >= 15 is 0 Å². The summed E-state index contributed by atoms with van der Waals surface area (Å²) >= 11 is 9.13. The minimum atomic E-state index is 0.341. The highest BCUT2D eigenvalue weighted by molar-refractivity contribution is 7.09. The first-order valence-electron chi connectivity index (χ1n) is 5.82. The van der Waals surface area contributed by atoms with Gasteiger partial charge in [0.15, 0.2) is 0 Å². The van der Waals surface area contributed by atoms with Gasteiger partial charge in [-0.25, -0.2) is 9.97 Å². The van der Waals surface area contributed by atoms with E-state index in [4.69, 9.17) is 11.6 Å². The molecule has 0 fully saturated rings. The van der Waals surface area contributed by atoms with Crippen LogP contribution in [0, 0.1) is 0 Å². The summed E-state index contributed by atoms with van der Waals surface area (Å²) in [6.07, 6.45) is 1.04. The number of aromatic nitrogens is 2. The molecule has 98 valence electrons. The molecule has 0 N–H and O–H groups in total. The van der Waals surface area contributed by atoms with Crippen LogP contribution in [0.1, 0.15) is 35.8 Å². The smallest absolute Gasteiger partial charge is 0.110 e. The lowest BCUT2D eigenvalue weighted by Gasteiger charge is -2.24. The van der Waals surface area contributed by atoms with E-state index in [1.54, 1.807) is 22.7 Å². The molecule has 0 aromatic carbocycles. The molecule has 2 rings (SSSR count). The normalized spacial score (nSPS) is 13.1. The fourth-order valence-corrected chi connectivity index (χ4v) is 3.74. The lowest BCUT2D eigenvalue weighted by molar-refractivity contribution is 0.227. The van der Waals surface area contributed by atoms with E-state index in [2.05, 4.69) is 34.2 Å². The SMILES string of the molecule is CCC(c1nc(CCl)cs1)N(C)Cc1cscn1. The van der Waals surface area contributed by atoms with Crippen molar-refractivity contribution < 1.29 is 0 Å². The van der Waals surface area contributed by atoms with E-state index in [1.807, 2.05) is 10.9 Å². The molecular weight excluding hydrogens is 286 g/mol. The third-order valence-electron chi connectivity index (χ3n) is 2.81. The summed E-state index contributed by atoms with van der Waals surface area (Å²) in [5, 5.41) is 5.28. The summed E-state index contributed by atoms with van der Waals surface area (Å²) in [5.41, 5.74) is 3.96. The van der Waals surface area contributed by atoms with Crippen LogP contribution in [0.4, 0.5) is 0 Å². The molecule has 0 saturated carbocycles. The largest absolute Gasteiger partial charge is 0.291 e. The van der Waals surface area contributed by atoms with Gasteiger partial charge < -0.3 is 0 Å². The van der Waals surface area contributed by atoms with E-state index in [0.717, 1.165) is 29.4 Å². The van der Waals surface area contributed by atoms with Crippen molar-refractivity contribution in [2.75, 3.05) is 7.05 Å². The average Bonchev–Trinajstić information content (AvgIpc) is 3.01. The quantitative estimate of drug-likeness (QED) is 0.757. The number of rotatable bonds is 6. The van der Waals surface area contributed by atoms with Crippen LogP contribution in [0.3, 0.4) is 0 Å². The molecule has 0 saturated heterocycles. The Balaban J connectivity index is 2.07. The van der Waals surface area contributed by atoms with Gasteiger partial charge in [0.2, 0.25) is 0 Å². The molecule has 0 aliphatic carbocycles. The van der Waals surface area contributed by atoms with Gasteiger partial charge in [0.05, 0.1) is 28.8 Å². The van der Waals surface area contributed by atoms with Gasteiger partial charge in [-0.2, -0.15) is 0 Å². The monoisotopic (exact) mass is 301 g/mol. The molecule has 2 heterocycles. The standard InChI is InChI=1S/C12H16ClN3S2/c1-3-11(12-15-9(4-13)7-18-12)16(2)5-10-6-17-8-14-10/h6-8,11H,3-5H2,1-2H3. The van der Waals surface area contributed by atoms with E-state index in [0.29, 0.717) is 11.9 Å². The lowest BCUT2D eigenvalue weighted by Crippen LogP contribution is -2.23. The van der Waals surface area contributed by atoms with Crippen LogP contribution >= 0.6 is 34.3 Å². The molecule has 0 amide bonds. The Hall–Kier alpha value is -0.490. The van der Waals surface area contributed by atoms with Crippen LogP contribution < -0.4 is 0 Å². The van der Waals surface area contributed by atoms with Crippen LogP contribution in [-0.4, -0.2) is 21.9 Å². The molecule has 1 unspecified atom stereocenters. The molecule has 0 aliphatic rings. The molecule has 0 aliphatic heterocycles. The second-order valence-electron chi connectivity index (χ2n) is 4.13.